The summed E-state index contributed by atoms with van der Waals surface area (Å²) in [5, 5.41) is 36.4. The highest BCUT2D eigenvalue weighted by Crippen LogP contribution is 2.19. The van der Waals surface area contributed by atoms with Crippen LogP contribution in [0.3, 0.4) is 0 Å². The number of aromatic hydroxyl groups is 1. The summed E-state index contributed by atoms with van der Waals surface area (Å²) < 4.78 is 0. The smallest absolute Gasteiger partial charge is 0.326 e. The van der Waals surface area contributed by atoms with Gasteiger partial charge in [0.2, 0.25) is 17.7 Å². The Labute approximate surface area is 246 Å². The summed E-state index contributed by atoms with van der Waals surface area (Å²) in [5.41, 5.74) is 7.77. The fraction of sp³-hybridized carbons (Fsp3) is 0.321. The molecule has 9 N–H and O–H groups in total. The van der Waals surface area contributed by atoms with Crippen LogP contribution >= 0.6 is 12.6 Å². The number of benzene rings is 2. The van der Waals surface area contributed by atoms with Crippen molar-refractivity contribution in [1.29, 1.82) is 0 Å². The summed E-state index contributed by atoms with van der Waals surface area (Å²) in [6.45, 7) is 0. The molecule has 224 valence electrons. The summed E-state index contributed by atoms with van der Waals surface area (Å²) in [6, 6.07) is 8.17. The Bertz CT molecular complexity index is 1430. The van der Waals surface area contributed by atoms with E-state index in [1.54, 1.807) is 6.20 Å². The molecular weight excluding hydrogens is 566 g/mol. The SMILES string of the molecule is NC(CCC(=O)O)C(=O)NC(CS)C(=O)NC(Cc1c[nH]c2ccccc12)C(=O)NC(Cc1ccc(O)cc1)C(=O)O. The molecule has 0 saturated carbocycles. The van der Waals surface area contributed by atoms with Gasteiger partial charge in [0, 0.05) is 42.1 Å². The van der Waals surface area contributed by atoms with Crippen LogP contribution in [0.4, 0.5) is 0 Å². The number of nitrogens with one attached hydrogen (secondary N) is 4. The van der Waals surface area contributed by atoms with Gasteiger partial charge in [-0.3, -0.25) is 19.2 Å². The minimum atomic E-state index is -1.35. The predicted molar refractivity (Wildman–Crippen MR) is 156 cm³/mol. The van der Waals surface area contributed by atoms with Gasteiger partial charge in [0.25, 0.3) is 0 Å². The summed E-state index contributed by atoms with van der Waals surface area (Å²) in [4.78, 5) is 65.0. The van der Waals surface area contributed by atoms with Crippen LogP contribution < -0.4 is 21.7 Å². The van der Waals surface area contributed by atoms with Crippen molar-refractivity contribution < 1.29 is 39.3 Å². The number of phenolic OH excluding ortho intramolecular Hbond substituents is 1. The van der Waals surface area contributed by atoms with Gasteiger partial charge < -0.3 is 42.0 Å². The molecule has 0 bridgehead atoms. The van der Waals surface area contributed by atoms with E-state index in [9.17, 15) is 34.2 Å². The van der Waals surface area contributed by atoms with Crippen LogP contribution in [0.25, 0.3) is 10.9 Å². The number of amides is 3. The lowest BCUT2D eigenvalue weighted by atomic mass is 10.0. The monoisotopic (exact) mass is 599 g/mol. The Balaban J connectivity index is 1.80. The van der Waals surface area contributed by atoms with Gasteiger partial charge in [-0.05, 0) is 35.7 Å². The third-order valence-electron chi connectivity index (χ3n) is 6.54. The fourth-order valence-corrected chi connectivity index (χ4v) is 4.48. The number of H-pyrrole nitrogens is 1. The van der Waals surface area contributed by atoms with Crippen LogP contribution in [-0.4, -0.2) is 79.9 Å². The number of hydrogen-bond donors (Lipinski definition) is 9. The van der Waals surface area contributed by atoms with Crippen molar-refractivity contribution in [1.82, 2.24) is 20.9 Å². The number of aliphatic carboxylic acids is 2. The summed E-state index contributed by atoms with van der Waals surface area (Å²) >= 11 is 4.13. The quantitative estimate of drug-likeness (QED) is 0.110. The van der Waals surface area contributed by atoms with Crippen molar-refractivity contribution in [3.05, 3.63) is 65.9 Å². The first-order valence-corrected chi connectivity index (χ1v) is 13.7. The van der Waals surface area contributed by atoms with Gasteiger partial charge in [0.1, 0.15) is 23.9 Å². The highest BCUT2D eigenvalue weighted by molar-refractivity contribution is 7.80. The third-order valence-corrected chi connectivity index (χ3v) is 6.91. The number of fused-ring (bicyclic) bond motifs is 1. The van der Waals surface area contributed by atoms with E-state index in [1.165, 1.54) is 24.3 Å². The zero-order chi connectivity index (χ0) is 30.8. The van der Waals surface area contributed by atoms with E-state index in [1.807, 2.05) is 24.3 Å². The number of thiol groups is 1. The molecule has 0 aliphatic heterocycles. The Hall–Kier alpha value is -4.56. The highest BCUT2D eigenvalue weighted by Gasteiger charge is 2.31. The normalized spacial score (nSPS) is 13.9. The second-order valence-corrected chi connectivity index (χ2v) is 10.0. The lowest BCUT2D eigenvalue weighted by molar-refractivity contribution is -0.142. The average Bonchev–Trinajstić information content (AvgIpc) is 3.37. The minimum absolute atomic E-state index is 0.00448. The van der Waals surface area contributed by atoms with E-state index in [-0.39, 0.29) is 37.2 Å². The molecule has 0 aliphatic rings. The van der Waals surface area contributed by atoms with Crippen molar-refractivity contribution in [2.75, 3.05) is 5.75 Å². The standard InChI is InChI=1S/C28H33N5O8S/c29-19(9-10-24(35)36)25(37)33-23(14-42)27(39)31-21(12-16-13-30-20-4-2-1-3-18(16)20)26(38)32-22(28(40)41)11-15-5-7-17(34)8-6-15/h1-8,13,19,21-23,30,34,42H,9-12,14,29H2,(H,31,39)(H,32,38)(H,33,37)(H,35,36)(H,40,41). The number of hydrogen-bond acceptors (Lipinski definition) is 8. The molecule has 3 aromatic rings. The molecule has 0 aliphatic carbocycles. The van der Waals surface area contributed by atoms with E-state index in [0.717, 1.165) is 10.9 Å². The molecule has 4 atom stereocenters. The molecule has 3 amide bonds. The Morgan fingerprint density at radius 3 is 2.10 bits per heavy atom. The molecule has 1 aromatic heterocycles. The van der Waals surface area contributed by atoms with Crippen LogP contribution in [0.5, 0.6) is 5.75 Å². The van der Waals surface area contributed by atoms with Crippen LogP contribution in [0.2, 0.25) is 0 Å². The predicted octanol–water partition coefficient (Wildman–Crippen LogP) is 0.320. The van der Waals surface area contributed by atoms with E-state index < -0.39 is 53.8 Å². The number of aromatic amines is 1. The van der Waals surface area contributed by atoms with Gasteiger partial charge in [0.05, 0.1) is 6.04 Å². The van der Waals surface area contributed by atoms with Crippen LogP contribution in [0, 0.1) is 0 Å². The second-order valence-electron chi connectivity index (χ2n) is 9.68. The zero-order valence-electron chi connectivity index (χ0n) is 22.4. The van der Waals surface area contributed by atoms with Crippen LogP contribution in [0.1, 0.15) is 24.0 Å². The van der Waals surface area contributed by atoms with E-state index in [4.69, 9.17) is 10.8 Å². The molecule has 4 unspecified atom stereocenters. The van der Waals surface area contributed by atoms with Crippen LogP contribution in [0.15, 0.2) is 54.7 Å². The maximum absolute atomic E-state index is 13.5. The van der Waals surface area contributed by atoms with Gasteiger partial charge in [-0.25, -0.2) is 4.79 Å². The van der Waals surface area contributed by atoms with Gasteiger partial charge in [-0.1, -0.05) is 30.3 Å². The number of rotatable bonds is 15. The number of carboxylic acids is 2. The zero-order valence-corrected chi connectivity index (χ0v) is 23.3. The lowest BCUT2D eigenvalue weighted by Crippen LogP contribution is -2.58. The van der Waals surface area contributed by atoms with Gasteiger partial charge >= 0.3 is 11.9 Å². The molecule has 0 spiro atoms. The molecule has 0 saturated heterocycles. The van der Waals surface area contributed by atoms with E-state index >= 15 is 0 Å². The number of carbonyl (C=O) groups excluding carboxylic acids is 3. The topological polar surface area (TPSA) is 224 Å². The summed E-state index contributed by atoms with van der Waals surface area (Å²) in [6.07, 6.45) is 1.10. The first-order valence-electron chi connectivity index (χ1n) is 13.0. The third kappa shape index (κ3) is 8.97. The minimum Gasteiger partial charge on any atom is -0.508 e. The molecule has 42 heavy (non-hydrogen) atoms. The maximum atomic E-state index is 13.5. The van der Waals surface area contributed by atoms with Gasteiger partial charge in [-0.2, -0.15) is 12.6 Å². The molecule has 0 fully saturated rings. The van der Waals surface area contributed by atoms with Crippen LogP contribution in [-0.2, 0) is 36.8 Å². The molecule has 14 heteroatoms. The highest BCUT2D eigenvalue weighted by atomic mass is 32.1. The number of phenols is 1. The van der Waals surface area contributed by atoms with Crippen molar-refractivity contribution in [3.63, 3.8) is 0 Å². The average molecular weight is 600 g/mol. The first-order chi connectivity index (χ1) is 20.0. The molecular formula is C28H33N5O8S. The number of nitrogens with two attached hydrogens (primary N) is 1. The number of aromatic nitrogens is 1. The van der Waals surface area contributed by atoms with E-state index in [0.29, 0.717) is 11.1 Å². The van der Waals surface area contributed by atoms with Gasteiger partial charge in [-0.15, -0.1) is 0 Å². The van der Waals surface area contributed by atoms with Gasteiger partial charge in [0.15, 0.2) is 0 Å². The van der Waals surface area contributed by atoms with E-state index in [2.05, 4.69) is 33.6 Å². The molecule has 1 heterocycles. The van der Waals surface area contributed by atoms with Crippen molar-refractivity contribution >= 4 is 53.2 Å². The first kappa shape index (κ1) is 32.0. The molecule has 13 nitrogen and oxygen atoms in total. The Morgan fingerprint density at radius 2 is 1.45 bits per heavy atom. The maximum Gasteiger partial charge on any atom is 0.326 e. The number of carboxylic acid groups (broad SMARTS) is 2. The molecule has 0 radical (unpaired) electrons. The molecule has 3 rings (SSSR count). The summed E-state index contributed by atoms with van der Waals surface area (Å²) in [7, 11) is 0. The number of para-hydroxylation sites is 1. The summed E-state index contributed by atoms with van der Waals surface area (Å²) in [5.74, 6) is -4.89. The van der Waals surface area contributed by atoms with Crippen molar-refractivity contribution in [3.8, 4) is 5.75 Å². The lowest BCUT2D eigenvalue weighted by Gasteiger charge is -2.24. The Kier molecular flexibility index (Phi) is 11.3. The largest absolute Gasteiger partial charge is 0.508 e. The number of carbonyl (C=O) groups is 5. The van der Waals surface area contributed by atoms with Crippen molar-refractivity contribution in [2.45, 2.75) is 49.9 Å². The second kappa shape index (κ2) is 14.9. The fourth-order valence-electron chi connectivity index (χ4n) is 4.23. The Morgan fingerprint density at radius 1 is 0.833 bits per heavy atom. The molecule has 2 aromatic carbocycles. The van der Waals surface area contributed by atoms with Crippen molar-refractivity contribution in [2.24, 2.45) is 5.73 Å².